The van der Waals surface area contributed by atoms with Gasteiger partial charge in [-0.05, 0) is 47.6 Å². The van der Waals surface area contributed by atoms with Gasteiger partial charge in [-0.2, -0.15) is 0 Å². The molecule has 5 heteroatoms. The predicted octanol–water partition coefficient (Wildman–Crippen LogP) is 2.44. The summed E-state index contributed by atoms with van der Waals surface area (Å²) in [7, 11) is 1.64. The lowest BCUT2D eigenvalue weighted by Gasteiger charge is -2.39. The molecule has 4 nitrogen and oxygen atoms in total. The molecular formula is C12H15IN2O2. The predicted molar refractivity (Wildman–Crippen MR) is 73.7 cm³/mol. The third kappa shape index (κ3) is 2.77. The van der Waals surface area contributed by atoms with E-state index in [9.17, 15) is 4.79 Å². The van der Waals surface area contributed by atoms with Crippen LogP contribution in [-0.2, 0) is 9.53 Å². The first-order valence-electron chi connectivity index (χ1n) is 5.58. The van der Waals surface area contributed by atoms with Crippen molar-refractivity contribution in [1.82, 2.24) is 4.98 Å². The van der Waals surface area contributed by atoms with Crippen molar-refractivity contribution < 1.29 is 9.53 Å². The summed E-state index contributed by atoms with van der Waals surface area (Å²) in [5.74, 6) is 0.636. The Labute approximate surface area is 114 Å². The van der Waals surface area contributed by atoms with Gasteiger partial charge in [0.25, 0.3) is 0 Å². The van der Waals surface area contributed by atoms with E-state index in [-0.39, 0.29) is 11.3 Å². The number of carbonyl (C=O) groups excluding carboxylic acids is 1. The molecule has 1 saturated carbocycles. The number of aromatic nitrogens is 1. The molecule has 0 atom stereocenters. The molecule has 1 aliphatic carbocycles. The summed E-state index contributed by atoms with van der Waals surface area (Å²) in [5, 5.41) is 2.86. The van der Waals surface area contributed by atoms with Gasteiger partial charge in [-0.1, -0.05) is 6.42 Å². The topological polar surface area (TPSA) is 51.2 Å². The number of hydrogen-bond acceptors (Lipinski definition) is 3. The van der Waals surface area contributed by atoms with Crippen LogP contribution >= 0.6 is 22.6 Å². The third-order valence-corrected chi connectivity index (χ3v) is 3.82. The van der Waals surface area contributed by atoms with Gasteiger partial charge in [-0.15, -0.1) is 0 Å². The Morgan fingerprint density at radius 3 is 2.82 bits per heavy atom. The number of hydrogen-bond donors (Lipinski definition) is 1. The highest BCUT2D eigenvalue weighted by atomic mass is 127. The normalized spacial score (nSPS) is 17.3. The largest absolute Gasteiger partial charge is 0.384 e. The molecule has 0 radical (unpaired) electrons. The van der Waals surface area contributed by atoms with Crippen LogP contribution in [0.15, 0.2) is 18.3 Å². The molecule has 0 spiro atoms. The summed E-state index contributed by atoms with van der Waals surface area (Å²) in [6.45, 7) is 0.489. The summed E-state index contributed by atoms with van der Waals surface area (Å²) in [5.41, 5.74) is -0.334. The van der Waals surface area contributed by atoms with E-state index in [1.807, 2.05) is 12.1 Å². The minimum atomic E-state index is -0.334. The van der Waals surface area contributed by atoms with Gasteiger partial charge in [0, 0.05) is 16.9 Å². The fraction of sp³-hybridized carbons (Fsp3) is 0.500. The Hall–Kier alpha value is -0.690. The first-order valence-corrected chi connectivity index (χ1v) is 6.66. The number of rotatable bonds is 4. The monoisotopic (exact) mass is 346 g/mol. The Morgan fingerprint density at radius 2 is 2.35 bits per heavy atom. The van der Waals surface area contributed by atoms with Gasteiger partial charge < -0.3 is 10.1 Å². The highest BCUT2D eigenvalue weighted by molar-refractivity contribution is 14.1. The first-order chi connectivity index (χ1) is 8.16. The zero-order valence-electron chi connectivity index (χ0n) is 9.70. The van der Waals surface area contributed by atoms with Gasteiger partial charge >= 0.3 is 0 Å². The van der Waals surface area contributed by atoms with Crippen LogP contribution in [-0.4, -0.2) is 24.6 Å². The maximum Gasteiger partial charge on any atom is 0.234 e. The molecule has 17 heavy (non-hydrogen) atoms. The molecule has 1 aromatic heterocycles. The minimum Gasteiger partial charge on any atom is -0.384 e. The summed E-state index contributed by atoms with van der Waals surface area (Å²) >= 11 is 2.18. The number of amides is 1. The van der Waals surface area contributed by atoms with E-state index in [0.717, 1.165) is 22.8 Å². The van der Waals surface area contributed by atoms with Crippen molar-refractivity contribution in [2.24, 2.45) is 5.41 Å². The lowest BCUT2D eigenvalue weighted by atomic mass is 9.68. The standard InChI is InChI=1S/C12H15IN2O2/c1-17-8-12(5-2-6-12)11(16)15-10-4-3-9(13)7-14-10/h3-4,7H,2,5-6,8H2,1H3,(H,14,15,16). The Kier molecular flexibility index (Phi) is 3.98. The summed E-state index contributed by atoms with van der Waals surface area (Å²) in [4.78, 5) is 16.3. The smallest absolute Gasteiger partial charge is 0.234 e. The van der Waals surface area contributed by atoms with Gasteiger partial charge in [-0.25, -0.2) is 4.98 Å². The molecule has 0 unspecified atom stereocenters. The first kappa shape index (κ1) is 12.8. The van der Waals surface area contributed by atoms with E-state index in [2.05, 4.69) is 32.9 Å². The number of nitrogens with zero attached hydrogens (tertiary/aromatic N) is 1. The van der Waals surface area contributed by atoms with E-state index in [4.69, 9.17) is 4.74 Å². The minimum absolute atomic E-state index is 0.0271. The van der Waals surface area contributed by atoms with E-state index in [1.165, 1.54) is 0 Å². The third-order valence-electron chi connectivity index (χ3n) is 3.18. The van der Waals surface area contributed by atoms with Crippen LogP contribution in [0.5, 0.6) is 0 Å². The zero-order valence-corrected chi connectivity index (χ0v) is 11.9. The van der Waals surface area contributed by atoms with Crippen molar-refractivity contribution in [1.29, 1.82) is 0 Å². The second-order valence-electron chi connectivity index (χ2n) is 4.38. The maximum absolute atomic E-state index is 12.2. The molecule has 1 N–H and O–H groups in total. The van der Waals surface area contributed by atoms with Crippen molar-refractivity contribution in [2.75, 3.05) is 19.0 Å². The summed E-state index contributed by atoms with van der Waals surface area (Å²) in [6, 6.07) is 3.74. The van der Waals surface area contributed by atoms with Gasteiger partial charge in [-0.3, -0.25) is 4.79 Å². The zero-order chi connectivity index (χ0) is 12.3. The number of anilines is 1. The SMILES string of the molecule is COCC1(C(=O)Nc2ccc(I)cn2)CCC1. The average molecular weight is 346 g/mol. The molecular weight excluding hydrogens is 331 g/mol. The van der Waals surface area contributed by atoms with Crippen LogP contribution in [0.1, 0.15) is 19.3 Å². The van der Waals surface area contributed by atoms with Gasteiger partial charge in [0.2, 0.25) is 5.91 Å². The molecule has 0 aromatic carbocycles. The van der Waals surface area contributed by atoms with Crippen molar-refractivity contribution in [2.45, 2.75) is 19.3 Å². The number of methoxy groups -OCH3 is 1. The summed E-state index contributed by atoms with van der Waals surface area (Å²) in [6.07, 6.45) is 4.63. The quantitative estimate of drug-likeness (QED) is 0.852. The van der Waals surface area contributed by atoms with Crippen LogP contribution in [0, 0.1) is 8.99 Å². The van der Waals surface area contributed by atoms with E-state index in [0.29, 0.717) is 12.4 Å². The molecule has 1 heterocycles. The molecule has 1 aromatic rings. The van der Waals surface area contributed by atoms with E-state index in [1.54, 1.807) is 13.3 Å². The molecule has 0 aliphatic heterocycles. The molecule has 1 aliphatic rings. The Balaban J connectivity index is 2.03. The van der Waals surface area contributed by atoms with Gasteiger partial charge in [0.1, 0.15) is 5.82 Å². The fourth-order valence-electron chi connectivity index (χ4n) is 2.02. The lowest BCUT2D eigenvalue weighted by Crippen LogP contribution is -2.45. The van der Waals surface area contributed by atoms with Crippen LogP contribution < -0.4 is 5.32 Å². The second kappa shape index (κ2) is 5.30. The maximum atomic E-state index is 12.2. The van der Waals surface area contributed by atoms with Crippen LogP contribution in [0.2, 0.25) is 0 Å². The molecule has 2 rings (SSSR count). The molecule has 1 amide bonds. The number of ether oxygens (including phenoxy) is 1. The average Bonchev–Trinajstić information content (AvgIpc) is 2.26. The summed E-state index contributed by atoms with van der Waals surface area (Å²) < 4.78 is 6.20. The molecule has 92 valence electrons. The van der Waals surface area contributed by atoms with Crippen molar-refractivity contribution in [3.05, 3.63) is 21.9 Å². The van der Waals surface area contributed by atoms with Crippen molar-refractivity contribution in [3.63, 3.8) is 0 Å². The van der Waals surface area contributed by atoms with Gasteiger partial charge in [0.15, 0.2) is 0 Å². The van der Waals surface area contributed by atoms with Crippen LogP contribution in [0.3, 0.4) is 0 Å². The highest BCUT2D eigenvalue weighted by Crippen LogP contribution is 2.41. The Morgan fingerprint density at radius 1 is 1.59 bits per heavy atom. The molecule has 1 fully saturated rings. The highest BCUT2D eigenvalue weighted by Gasteiger charge is 2.44. The fourth-order valence-corrected chi connectivity index (χ4v) is 2.33. The van der Waals surface area contributed by atoms with Crippen molar-refractivity contribution >= 4 is 34.3 Å². The molecule has 0 bridgehead atoms. The number of carbonyl (C=O) groups is 1. The van der Waals surface area contributed by atoms with E-state index < -0.39 is 0 Å². The lowest BCUT2D eigenvalue weighted by molar-refractivity contribution is -0.134. The number of halogens is 1. The van der Waals surface area contributed by atoms with Crippen LogP contribution in [0.25, 0.3) is 0 Å². The second-order valence-corrected chi connectivity index (χ2v) is 5.63. The van der Waals surface area contributed by atoms with Crippen LogP contribution in [0.4, 0.5) is 5.82 Å². The van der Waals surface area contributed by atoms with Crippen molar-refractivity contribution in [3.8, 4) is 0 Å². The molecule has 0 saturated heterocycles. The van der Waals surface area contributed by atoms with E-state index >= 15 is 0 Å². The Bertz CT molecular complexity index is 401. The number of nitrogens with one attached hydrogen (secondary N) is 1. The number of pyridine rings is 1. The van der Waals surface area contributed by atoms with Gasteiger partial charge in [0.05, 0.1) is 12.0 Å².